The van der Waals surface area contributed by atoms with Crippen LogP contribution in [-0.2, 0) is 12.0 Å². The lowest BCUT2D eigenvalue weighted by Crippen LogP contribution is -2.19. The first-order valence-electron chi connectivity index (χ1n) is 7.11. The predicted octanol–water partition coefficient (Wildman–Crippen LogP) is 3.13. The number of aromatic nitrogens is 3. The second-order valence-corrected chi connectivity index (χ2v) is 6.08. The standard InChI is InChI=1S/C16H23N5/c1-11-13(17-5)20-15(16(2,3)4)21-14(11)19-10-12-6-8-18-9-7-12/h6-9H,10H2,1-5H3,(H2,17,19,20,21). The minimum Gasteiger partial charge on any atom is -0.373 e. The van der Waals surface area contributed by atoms with Crippen molar-refractivity contribution in [1.29, 1.82) is 0 Å². The van der Waals surface area contributed by atoms with Crippen molar-refractivity contribution in [2.24, 2.45) is 0 Å². The number of hydrogen-bond donors (Lipinski definition) is 2. The van der Waals surface area contributed by atoms with Gasteiger partial charge in [-0.3, -0.25) is 4.98 Å². The molecular formula is C16H23N5. The van der Waals surface area contributed by atoms with E-state index in [0.29, 0.717) is 6.54 Å². The third-order valence-electron chi connectivity index (χ3n) is 3.26. The summed E-state index contributed by atoms with van der Waals surface area (Å²) in [6, 6.07) is 3.99. The van der Waals surface area contributed by atoms with Crippen LogP contribution in [-0.4, -0.2) is 22.0 Å². The number of nitrogens with one attached hydrogen (secondary N) is 2. The van der Waals surface area contributed by atoms with Crippen molar-refractivity contribution in [3.8, 4) is 0 Å². The highest BCUT2D eigenvalue weighted by atomic mass is 15.1. The average Bonchev–Trinajstić information content (AvgIpc) is 2.46. The van der Waals surface area contributed by atoms with Crippen LogP contribution in [0.5, 0.6) is 0 Å². The Morgan fingerprint density at radius 1 is 1.05 bits per heavy atom. The lowest BCUT2D eigenvalue weighted by Gasteiger charge is -2.20. The van der Waals surface area contributed by atoms with Gasteiger partial charge in [0.05, 0.1) is 0 Å². The van der Waals surface area contributed by atoms with E-state index in [0.717, 1.165) is 23.0 Å². The first kappa shape index (κ1) is 15.2. The number of nitrogens with zero attached hydrogens (tertiary/aromatic N) is 3. The molecule has 0 saturated heterocycles. The van der Waals surface area contributed by atoms with Crippen LogP contribution in [0.25, 0.3) is 0 Å². The zero-order valence-electron chi connectivity index (χ0n) is 13.4. The fourth-order valence-electron chi connectivity index (χ4n) is 1.95. The Hall–Kier alpha value is -2.17. The molecule has 21 heavy (non-hydrogen) atoms. The van der Waals surface area contributed by atoms with E-state index in [9.17, 15) is 0 Å². The van der Waals surface area contributed by atoms with Gasteiger partial charge in [-0.25, -0.2) is 9.97 Å². The molecular weight excluding hydrogens is 262 g/mol. The second kappa shape index (κ2) is 6.08. The molecule has 0 aromatic carbocycles. The highest BCUT2D eigenvalue weighted by molar-refractivity contribution is 5.57. The third kappa shape index (κ3) is 3.68. The third-order valence-corrected chi connectivity index (χ3v) is 3.26. The second-order valence-electron chi connectivity index (χ2n) is 6.08. The number of hydrogen-bond acceptors (Lipinski definition) is 5. The predicted molar refractivity (Wildman–Crippen MR) is 86.6 cm³/mol. The lowest BCUT2D eigenvalue weighted by atomic mass is 9.95. The van der Waals surface area contributed by atoms with E-state index in [1.807, 2.05) is 26.1 Å². The molecule has 0 saturated carbocycles. The van der Waals surface area contributed by atoms with Crippen molar-refractivity contribution in [3.63, 3.8) is 0 Å². The largest absolute Gasteiger partial charge is 0.373 e. The molecule has 2 rings (SSSR count). The summed E-state index contributed by atoms with van der Waals surface area (Å²) in [6.45, 7) is 9.08. The summed E-state index contributed by atoms with van der Waals surface area (Å²) in [5.41, 5.74) is 2.11. The molecule has 0 fully saturated rings. The van der Waals surface area contributed by atoms with Gasteiger partial charge in [0.1, 0.15) is 17.5 Å². The van der Waals surface area contributed by atoms with Gasteiger partial charge in [-0.1, -0.05) is 20.8 Å². The smallest absolute Gasteiger partial charge is 0.138 e. The van der Waals surface area contributed by atoms with E-state index < -0.39 is 0 Å². The van der Waals surface area contributed by atoms with Crippen LogP contribution < -0.4 is 10.6 Å². The van der Waals surface area contributed by atoms with Crippen molar-refractivity contribution >= 4 is 11.6 Å². The minimum absolute atomic E-state index is 0.0909. The fraction of sp³-hybridized carbons (Fsp3) is 0.438. The molecule has 0 radical (unpaired) electrons. The maximum atomic E-state index is 4.69. The Kier molecular flexibility index (Phi) is 4.40. The van der Waals surface area contributed by atoms with Gasteiger partial charge < -0.3 is 10.6 Å². The minimum atomic E-state index is -0.0909. The first-order valence-corrected chi connectivity index (χ1v) is 7.11. The Balaban J connectivity index is 2.29. The molecule has 2 heterocycles. The number of rotatable bonds is 4. The van der Waals surface area contributed by atoms with Gasteiger partial charge in [0, 0.05) is 37.0 Å². The van der Waals surface area contributed by atoms with E-state index in [1.165, 1.54) is 5.56 Å². The molecule has 0 atom stereocenters. The van der Waals surface area contributed by atoms with Crippen LogP contribution in [0.2, 0.25) is 0 Å². The summed E-state index contributed by atoms with van der Waals surface area (Å²) in [5, 5.41) is 6.54. The zero-order chi connectivity index (χ0) is 15.5. The van der Waals surface area contributed by atoms with Gasteiger partial charge in [0.25, 0.3) is 0 Å². The van der Waals surface area contributed by atoms with Crippen LogP contribution in [0.3, 0.4) is 0 Å². The van der Waals surface area contributed by atoms with Crippen LogP contribution in [0.15, 0.2) is 24.5 Å². The normalized spacial score (nSPS) is 11.3. The Morgan fingerprint density at radius 2 is 1.67 bits per heavy atom. The van der Waals surface area contributed by atoms with E-state index >= 15 is 0 Å². The summed E-state index contributed by atoms with van der Waals surface area (Å²) < 4.78 is 0. The van der Waals surface area contributed by atoms with Gasteiger partial charge in [0.2, 0.25) is 0 Å². The van der Waals surface area contributed by atoms with Crippen molar-refractivity contribution in [1.82, 2.24) is 15.0 Å². The highest BCUT2D eigenvalue weighted by Gasteiger charge is 2.20. The van der Waals surface area contributed by atoms with Gasteiger partial charge in [-0.2, -0.15) is 0 Å². The quantitative estimate of drug-likeness (QED) is 0.903. The summed E-state index contributed by atoms with van der Waals surface area (Å²) in [5.74, 6) is 2.57. The first-order chi connectivity index (χ1) is 9.91. The highest BCUT2D eigenvalue weighted by Crippen LogP contribution is 2.26. The zero-order valence-corrected chi connectivity index (χ0v) is 13.4. The summed E-state index contributed by atoms with van der Waals surface area (Å²) in [4.78, 5) is 13.3. The number of pyridine rings is 1. The summed E-state index contributed by atoms with van der Waals surface area (Å²) in [7, 11) is 1.88. The average molecular weight is 285 g/mol. The number of anilines is 2. The molecule has 2 aromatic rings. The molecule has 112 valence electrons. The van der Waals surface area contributed by atoms with Gasteiger partial charge in [-0.15, -0.1) is 0 Å². The van der Waals surface area contributed by atoms with Crippen LogP contribution in [0.4, 0.5) is 11.6 Å². The van der Waals surface area contributed by atoms with E-state index in [2.05, 4.69) is 46.4 Å². The molecule has 2 N–H and O–H groups in total. The van der Waals surface area contributed by atoms with Gasteiger partial charge in [0.15, 0.2) is 0 Å². The van der Waals surface area contributed by atoms with Crippen molar-refractivity contribution in [3.05, 3.63) is 41.5 Å². The Bertz CT molecular complexity index is 602. The van der Waals surface area contributed by atoms with Crippen molar-refractivity contribution in [2.45, 2.75) is 39.7 Å². The molecule has 5 heteroatoms. The molecule has 0 bridgehead atoms. The van der Waals surface area contributed by atoms with Crippen molar-refractivity contribution in [2.75, 3.05) is 17.7 Å². The molecule has 0 unspecified atom stereocenters. The van der Waals surface area contributed by atoms with Crippen LogP contribution >= 0.6 is 0 Å². The molecule has 2 aromatic heterocycles. The maximum Gasteiger partial charge on any atom is 0.138 e. The fourth-order valence-corrected chi connectivity index (χ4v) is 1.95. The molecule has 0 aliphatic heterocycles. The summed E-state index contributed by atoms with van der Waals surface area (Å²) >= 11 is 0. The van der Waals surface area contributed by atoms with Gasteiger partial charge in [-0.05, 0) is 24.6 Å². The monoisotopic (exact) mass is 285 g/mol. The van der Waals surface area contributed by atoms with E-state index in [4.69, 9.17) is 0 Å². The summed E-state index contributed by atoms with van der Waals surface area (Å²) in [6.07, 6.45) is 3.59. The molecule has 5 nitrogen and oxygen atoms in total. The van der Waals surface area contributed by atoms with Gasteiger partial charge >= 0.3 is 0 Å². The molecule has 0 aliphatic rings. The van der Waals surface area contributed by atoms with Crippen molar-refractivity contribution < 1.29 is 0 Å². The SMILES string of the molecule is CNc1nc(C(C)(C)C)nc(NCc2ccncc2)c1C. The lowest BCUT2D eigenvalue weighted by molar-refractivity contribution is 0.546. The maximum absolute atomic E-state index is 4.69. The van der Waals surface area contributed by atoms with Crippen LogP contribution in [0.1, 0.15) is 37.7 Å². The topological polar surface area (TPSA) is 62.7 Å². The molecule has 0 spiro atoms. The van der Waals surface area contributed by atoms with E-state index in [1.54, 1.807) is 12.4 Å². The Labute approximate surface area is 126 Å². The van der Waals surface area contributed by atoms with E-state index in [-0.39, 0.29) is 5.41 Å². The molecule has 0 amide bonds. The molecule has 0 aliphatic carbocycles. The van der Waals surface area contributed by atoms with Crippen LogP contribution in [0, 0.1) is 6.92 Å². The Morgan fingerprint density at radius 3 is 2.24 bits per heavy atom.